The van der Waals surface area contributed by atoms with Gasteiger partial charge in [0.1, 0.15) is 5.82 Å². The van der Waals surface area contributed by atoms with Crippen LogP contribution in [0.3, 0.4) is 0 Å². The average Bonchev–Trinajstić information content (AvgIpc) is 2.78. The highest BCUT2D eigenvalue weighted by molar-refractivity contribution is 6.50. The van der Waals surface area contributed by atoms with Crippen molar-refractivity contribution in [2.24, 2.45) is 0 Å². The molecule has 204 valence electrons. The number of β-amino-alcohol motifs (C(OH)–C–C–N with tert-alkyl or cyclic N) is 1. The van der Waals surface area contributed by atoms with Gasteiger partial charge in [0.05, 0.1) is 11.7 Å². The highest BCUT2D eigenvalue weighted by atomic mass is 28.2. The smallest absolute Gasteiger partial charge is 0.416 e. The van der Waals surface area contributed by atoms with Crippen LogP contribution in [0, 0.1) is 5.82 Å². The number of aliphatic carboxylic acids is 1. The third kappa shape index (κ3) is 11.8. The number of nitrogens with zero attached hydrogens (tertiary/aromatic N) is 1. The van der Waals surface area contributed by atoms with Crippen molar-refractivity contribution < 1.29 is 32.6 Å². The van der Waals surface area contributed by atoms with Crippen LogP contribution in [0.5, 0.6) is 0 Å². The molecule has 0 heterocycles. The molecule has 0 aliphatic carbocycles. The molecule has 37 heavy (non-hydrogen) atoms. The number of aliphatic hydroxyl groups excluding tert-OH is 1. The van der Waals surface area contributed by atoms with Crippen molar-refractivity contribution in [2.75, 3.05) is 20.1 Å². The number of hydrogen-bond acceptors (Lipinski definition) is 4. The summed E-state index contributed by atoms with van der Waals surface area (Å²) in [4.78, 5) is 10.7. The van der Waals surface area contributed by atoms with Gasteiger partial charge < -0.3 is 20.1 Å². The average molecular weight is 541 g/mol. The predicted octanol–water partition coefficient (Wildman–Crippen LogP) is 4.18. The second kappa shape index (κ2) is 14.0. The lowest BCUT2D eigenvalue weighted by Crippen LogP contribution is -2.47. The highest BCUT2D eigenvalue weighted by Gasteiger charge is 2.31. The van der Waals surface area contributed by atoms with Crippen LogP contribution in [0.2, 0.25) is 0 Å². The van der Waals surface area contributed by atoms with Gasteiger partial charge in [-0.05, 0) is 87.5 Å². The van der Waals surface area contributed by atoms with E-state index in [0.717, 1.165) is 25.0 Å². The van der Waals surface area contributed by atoms with Gasteiger partial charge in [-0.25, -0.2) is 4.39 Å². The van der Waals surface area contributed by atoms with E-state index in [4.69, 9.17) is 5.11 Å². The minimum atomic E-state index is -4.50. The number of halogens is 4. The van der Waals surface area contributed by atoms with E-state index < -0.39 is 23.8 Å². The molecular weight excluding hydrogens is 504 g/mol. The fourth-order valence-corrected chi connectivity index (χ4v) is 5.27. The molecule has 0 saturated heterocycles. The molecule has 0 saturated carbocycles. The Hall–Kier alpha value is -2.27. The third-order valence-corrected chi connectivity index (χ3v) is 7.11. The van der Waals surface area contributed by atoms with Crippen LogP contribution in [0.4, 0.5) is 17.6 Å². The zero-order valence-electron chi connectivity index (χ0n) is 21.5. The zero-order chi connectivity index (χ0) is 27.6. The molecule has 5 nitrogen and oxygen atoms in total. The first-order chi connectivity index (χ1) is 17.2. The van der Waals surface area contributed by atoms with Gasteiger partial charge in [0.15, 0.2) is 9.68 Å². The summed E-state index contributed by atoms with van der Waals surface area (Å²) in [6.07, 6.45) is -2.65. The number of rotatable bonds is 15. The molecule has 0 aliphatic heterocycles. The normalized spacial score (nSPS) is 13.2. The maximum absolute atomic E-state index is 13.8. The van der Waals surface area contributed by atoms with Crippen LogP contribution in [0.1, 0.15) is 56.2 Å². The van der Waals surface area contributed by atoms with E-state index in [1.807, 2.05) is 19.9 Å². The lowest BCUT2D eigenvalue weighted by atomic mass is 9.95. The lowest BCUT2D eigenvalue weighted by Gasteiger charge is -2.29. The second-order valence-corrected chi connectivity index (χ2v) is 11.6. The van der Waals surface area contributed by atoms with E-state index in [9.17, 15) is 27.5 Å². The molecule has 2 aromatic rings. The second-order valence-electron chi connectivity index (χ2n) is 10.0. The van der Waals surface area contributed by atoms with Gasteiger partial charge in [0.2, 0.25) is 0 Å². The van der Waals surface area contributed by atoms with Gasteiger partial charge in [-0.2, -0.15) is 13.2 Å². The van der Waals surface area contributed by atoms with Gasteiger partial charge in [0.25, 0.3) is 0 Å². The first-order valence-electron chi connectivity index (χ1n) is 12.3. The van der Waals surface area contributed by atoms with E-state index in [0.29, 0.717) is 29.3 Å². The third-order valence-electron chi connectivity index (χ3n) is 6.00. The van der Waals surface area contributed by atoms with Crippen LogP contribution in [0.15, 0.2) is 42.5 Å². The zero-order valence-corrected chi connectivity index (χ0v) is 22.5. The molecule has 0 unspecified atom stereocenters. The Balaban J connectivity index is 1.86. The molecule has 2 rings (SSSR count). The molecule has 0 amide bonds. The van der Waals surface area contributed by atoms with Gasteiger partial charge in [0, 0.05) is 25.0 Å². The van der Waals surface area contributed by atoms with Crippen LogP contribution in [0.25, 0.3) is 0 Å². The van der Waals surface area contributed by atoms with Gasteiger partial charge in [-0.1, -0.05) is 24.3 Å². The molecule has 2 radical (unpaired) electrons. The quantitative estimate of drug-likeness (QED) is 0.234. The Kier molecular flexibility index (Phi) is 11.7. The Morgan fingerprint density at radius 3 is 2.46 bits per heavy atom. The first-order valence-corrected chi connectivity index (χ1v) is 13.3. The number of benzene rings is 2. The molecule has 1 atom stereocenters. The number of aryl methyl sites for hydroxylation is 2. The van der Waals surface area contributed by atoms with E-state index in [1.54, 1.807) is 29.8 Å². The summed E-state index contributed by atoms with van der Waals surface area (Å²) in [7, 11) is 1.65. The number of carbonyl (C=O) groups is 1. The molecule has 0 bridgehead atoms. The Labute approximate surface area is 218 Å². The van der Waals surface area contributed by atoms with Crippen LogP contribution in [-0.4, -0.2) is 62.2 Å². The minimum absolute atomic E-state index is 0.0890. The molecule has 0 aromatic heterocycles. The van der Waals surface area contributed by atoms with Crippen LogP contribution >= 0.6 is 0 Å². The standard InChI is InChI=1S/C27H36F4N2O3Si/c1-26(2,13-7-10-20-9-4-5-11-24(20)28)32-17-22(34)18-33(3)37-23-15-19(8-6-12-25(35)36)14-21(16-23)27(29,30)31/h4-5,9,11,14-16,22,32,34H,6-8,10,12-13,17-18H2,1-3H3,(H,35,36)/t22-/m1/s1. The summed E-state index contributed by atoms with van der Waals surface area (Å²) < 4.78 is 55.8. The van der Waals surface area contributed by atoms with E-state index >= 15 is 0 Å². The Bertz CT molecular complexity index is 1020. The summed E-state index contributed by atoms with van der Waals surface area (Å²) in [5.41, 5.74) is 0.0985. The number of carboxylic acid groups (broad SMARTS) is 1. The SMILES string of the molecule is CN(C[C@H](O)CNC(C)(C)CCCc1ccccc1F)[Si]c1cc(CCCC(=O)O)cc(C(F)(F)F)c1. The summed E-state index contributed by atoms with van der Waals surface area (Å²) in [5, 5.41) is 23.1. The van der Waals surface area contributed by atoms with Crippen molar-refractivity contribution in [1.82, 2.24) is 9.88 Å². The molecule has 10 heteroatoms. The fourth-order valence-electron chi connectivity index (χ4n) is 4.06. The largest absolute Gasteiger partial charge is 0.481 e. The van der Waals surface area contributed by atoms with Crippen molar-refractivity contribution >= 4 is 20.8 Å². The van der Waals surface area contributed by atoms with Gasteiger partial charge in [-0.15, -0.1) is 0 Å². The van der Waals surface area contributed by atoms with Crippen molar-refractivity contribution in [1.29, 1.82) is 0 Å². The summed E-state index contributed by atoms with van der Waals surface area (Å²) in [6, 6.07) is 10.6. The number of nitrogens with one attached hydrogen (secondary N) is 1. The topological polar surface area (TPSA) is 72.8 Å². The van der Waals surface area contributed by atoms with E-state index in [-0.39, 0.29) is 46.8 Å². The maximum atomic E-state index is 13.8. The van der Waals surface area contributed by atoms with E-state index in [2.05, 4.69) is 5.32 Å². The van der Waals surface area contributed by atoms with Crippen molar-refractivity contribution in [3.05, 3.63) is 65.0 Å². The Morgan fingerprint density at radius 1 is 1.11 bits per heavy atom. The van der Waals surface area contributed by atoms with Crippen molar-refractivity contribution in [3.8, 4) is 0 Å². The molecule has 3 N–H and O–H groups in total. The number of aliphatic hydroxyl groups is 1. The summed E-state index contributed by atoms with van der Waals surface area (Å²) in [6.45, 7) is 4.61. The van der Waals surface area contributed by atoms with E-state index in [1.165, 1.54) is 6.07 Å². The molecular formula is C27H36F4N2O3Si. The monoisotopic (exact) mass is 540 g/mol. The molecule has 0 aliphatic rings. The van der Waals surface area contributed by atoms with Gasteiger partial charge >= 0.3 is 12.1 Å². The van der Waals surface area contributed by atoms with Gasteiger partial charge in [-0.3, -0.25) is 4.79 Å². The Morgan fingerprint density at radius 2 is 1.81 bits per heavy atom. The molecule has 0 spiro atoms. The van der Waals surface area contributed by atoms with Crippen LogP contribution < -0.4 is 10.5 Å². The maximum Gasteiger partial charge on any atom is 0.416 e. The predicted molar refractivity (Wildman–Crippen MR) is 137 cm³/mol. The fraction of sp³-hybridized carbons (Fsp3) is 0.519. The lowest BCUT2D eigenvalue weighted by molar-refractivity contribution is -0.138. The minimum Gasteiger partial charge on any atom is -0.481 e. The first kappa shape index (κ1) is 30.9. The number of likely N-dealkylation sites (N-methyl/N-ethyl adjacent to an activating group) is 1. The number of hydrogen-bond donors (Lipinski definition) is 3. The molecule has 0 fully saturated rings. The summed E-state index contributed by atoms with van der Waals surface area (Å²) in [5.74, 6) is -1.19. The number of alkyl halides is 3. The van der Waals surface area contributed by atoms with Crippen LogP contribution in [-0.2, 0) is 23.8 Å². The number of carboxylic acids is 1. The summed E-state index contributed by atoms with van der Waals surface area (Å²) >= 11 is 0. The van der Waals surface area contributed by atoms with Crippen molar-refractivity contribution in [2.45, 2.75) is 70.2 Å². The highest BCUT2D eigenvalue weighted by Crippen LogP contribution is 2.29. The molecule has 2 aromatic carbocycles. The van der Waals surface area contributed by atoms with Crippen molar-refractivity contribution in [3.63, 3.8) is 0 Å².